The first-order valence-electron chi connectivity index (χ1n) is 4.82. The third-order valence-electron chi connectivity index (χ3n) is 1.96. The molecule has 0 heterocycles. The van der Waals surface area contributed by atoms with Gasteiger partial charge in [0.2, 0.25) is 5.91 Å². The van der Waals surface area contributed by atoms with Crippen molar-refractivity contribution in [2.24, 2.45) is 0 Å². The number of carbonyl (C=O) groups is 1. The first kappa shape index (κ1) is 11.7. The van der Waals surface area contributed by atoms with Crippen LogP contribution in [0.4, 0.5) is 0 Å². The van der Waals surface area contributed by atoms with Gasteiger partial charge in [0, 0.05) is 6.54 Å². The molecule has 1 atom stereocenters. The molecule has 0 unspecified atom stereocenters. The van der Waals surface area contributed by atoms with Crippen LogP contribution in [0.1, 0.15) is 12.0 Å². The van der Waals surface area contributed by atoms with Crippen molar-refractivity contribution >= 4 is 5.91 Å². The maximum atomic E-state index is 11.2. The second kappa shape index (κ2) is 6.16. The zero-order chi connectivity index (χ0) is 11.1. The Morgan fingerprint density at radius 2 is 2.00 bits per heavy atom. The van der Waals surface area contributed by atoms with Gasteiger partial charge in [-0.15, -0.1) is 0 Å². The highest BCUT2D eigenvalue weighted by Gasteiger charge is 2.08. The Balaban J connectivity index is 2.29. The summed E-state index contributed by atoms with van der Waals surface area (Å²) in [6, 6.07) is 9.50. The van der Waals surface area contributed by atoms with E-state index in [9.17, 15) is 4.79 Å². The van der Waals surface area contributed by atoms with Gasteiger partial charge in [0.15, 0.2) is 0 Å². The SMILES string of the molecule is O=C(C[C@@H](O)CO)NCc1ccccc1. The van der Waals surface area contributed by atoms with Crippen molar-refractivity contribution in [1.82, 2.24) is 5.32 Å². The highest BCUT2D eigenvalue weighted by atomic mass is 16.3. The molecular formula is C11H15NO3. The second-order valence-corrected chi connectivity index (χ2v) is 3.30. The number of aliphatic hydroxyl groups is 2. The molecule has 4 heteroatoms. The number of aliphatic hydroxyl groups excluding tert-OH is 2. The number of amides is 1. The standard InChI is InChI=1S/C11H15NO3/c13-8-10(14)6-11(15)12-7-9-4-2-1-3-5-9/h1-5,10,13-14H,6-8H2,(H,12,15)/t10-/m1/s1. The summed E-state index contributed by atoms with van der Waals surface area (Å²) in [6.45, 7) is 0.0522. The van der Waals surface area contributed by atoms with E-state index in [2.05, 4.69) is 5.32 Å². The molecule has 1 aromatic carbocycles. The fraction of sp³-hybridized carbons (Fsp3) is 0.364. The molecule has 0 aliphatic carbocycles. The number of hydrogen-bond acceptors (Lipinski definition) is 3. The summed E-state index contributed by atoms with van der Waals surface area (Å²) in [4.78, 5) is 11.2. The molecule has 0 aliphatic heterocycles. The molecule has 0 bridgehead atoms. The molecule has 15 heavy (non-hydrogen) atoms. The van der Waals surface area contributed by atoms with E-state index in [1.165, 1.54) is 0 Å². The Morgan fingerprint density at radius 3 is 2.60 bits per heavy atom. The third-order valence-corrected chi connectivity index (χ3v) is 1.96. The minimum absolute atomic E-state index is 0.0661. The van der Waals surface area contributed by atoms with E-state index in [0.29, 0.717) is 6.54 Å². The van der Waals surface area contributed by atoms with Gasteiger partial charge in [-0.2, -0.15) is 0 Å². The van der Waals surface area contributed by atoms with Crippen molar-refractivity contribution in [3.63, 3.8) is 0 Å². The number of benzene rings is 1. The van der Waals surface area contributed by atoms with Gasteiger partial charge in [0.05, 0.1) is 19.1 Å². The van der Waals surface area contributed by atoms with Gasteiger partial charge in [-0.3, -0.25) is 4.79 Å². The van der Waals surface area contributed by atoms with Gasteiger partial charge < -0.3 is 15.5 Å². The predicted octanol–water partition coefficient (Wildman–Crippen LogP) is 0.0461. The quantitative estimate of drug-likeness (QED) is 0.641. The minimum Gasteiger partial charge on any atom is -0.394 e. The lowest BCUT2D eigenvalue weighted by atomic mass is 10.2. The van der Waals surface area contributed by atoms with Gasteiger partial charge in [-0.1, -0.05) is 30.3 Å². The molecule has 1 rings (SSSR count). The number of carbonyl (C=O) groups excluding carboxylic acids is 1. The summed E-state index contributed by atoms with van der Waals surface area (Å²) in [7, 11) is 0. The van der Waals surface area contributed by atoms with Gasteiger partial charge in [-0.25, -0.2) is 0 Å². The van der Waals surface area contributed by atoms with Crippen LogP contribution < -0.4 is 5.32 Å². The number of hydrogen-bond donors (Lipinski definition) is 3. The summed E-state index contributed by atoms with van der Waals surface area (Å²) in [5.41, 5.74) is 1.00. The van der Waals surface area contributed by atoms with Crippen molar-refractivity contribution in [2.45, 2.75) is 19.1 Å². The van der Waals surface area contributed by atoms with Gasteiger partial charge in [-0.05, 0) is 5.56 Å². The molecule has 0 saturated heterocycles. The van der Waals surface area contributed by atoms with E-state index in [0.717, 1.165) is 5.56 Å². The van der Waals surface area contributed by atoms with Gasteiger partial charge in [0.1, 0.15) is 0 Å². The molecule has 0 fully saturated rings. The van der Waals surface area contributed by atoms with E-state index in [4.69, 9.17) is 10.2 Å². The Kier molecular flexibility index (Phi) is 4.80. The minimum atomic E-state index is -0.972. The van der Waals surface area contributed by atoms with Crippen LogP contribution in [0.2, 0.25) is 0 Å². The van der Waals surface area contributed by atoms with Crippen LogP contribution in [0.3, 0.4) is 0 Å². The van der Waals surface area contributed by atoms with E-state index in [-0.39, 0.29) is 12.3 Å². The van der Waals surface area contributed by atoms with Crippen LogP contribution in [0, 0.1) is 0 Å². The summed E-state index contributed by atoms with van der Waals surface area (Å²) < 4.78 is 0. The van der Waals surface area contributed by atoms with E-state index >= 15 is 0 Å². The molecule has 1 amide bonds. The largest absolute Gasteiger partial charge is 0.394 e. The van der Waals surface area contributed by atoms with Gasteiger partial charge in [0.25, 0.3) is 0 Å². The van der Waals surface area contributed by atoms with E-state index in [1.807, 2.05) is 30.3 Å². The fourth-order valence-corrected chi connectivity index (χ4v) is 1.15. The first-order valence-corrected chi connectivity index (χ1v) is 4.82. The lowest BCUT2D eigenvalue weighted by Gasteiger charge is -2.08. The average molecular weight is 209 g/mol. The number of nitrogens with one attached hydrogen (secondary N) is 1. The average Bonchev–Trinajstić information content (AvgIpc) is 2.27. The molecule has 0 aromatic heterocycles. The zero-order valence-electron chi connectivity index (χ0n) is 8.39. The van der Waals surface area contributed by atoms with Crippen LogP contribution in [0.5, 0.6) is 0 Å². The summed E-state index contributed by atoms with van der Waals surface area (Å²) in [5.74, 6) is -0.264. The fourth-order valence-electron chi connectivity index (χ4n) is 1.15. The summed E-state index contributed by atoms with van der Waals surface area (Å²) in [5, 5.41) is 20.2. The monoisotopic (exact) mass is 209 g/mol. The molecule has 3 N–H and O–H groups in total. The van der Waals surface area contributed by atoms with Crippen molar-refractivity contribution < 1.29 is 15.0 Å². The summed E-state index contributed by atoms with van der Waals surface area (Å²) in [6.07, 6.45) is -1.04. The van der Waals surface area contributed by atoms with Crippen molar-refractivity contribution in [3.8, 4) is 0 Å². The van der Waals surface area contributed by atoms with Crippen LogP contribution >= 0.6 is 0 Å². The molecular weight excluding hydrogens is 194 g/mol. The van der Waals surface area contributed by atoms with Crippen molar-refractivity contribution in [3.05, 3.63) is 35.9 Å². The summed E-state index contributed by atoms with van der Waals surface area (Å²) >= 11 is 0. The highest BCUT2D eigenvalue weighted by Crippen LogP contribution is 1.98. The number of rotatable bonds is 5. The Labute approximate surface area is 88.6 Å². The lowest BCUT2D eigenvalue weighted by molar-refractivity contribution is -0.123. The Morgan fingerprint density at radius 1 is 1.33 bits per heavy atom. The zero-order valence-corrected chi connectivity index (χ0v) is 8.39. The van der Waals surface area contributed by atoms with Crippen LogP contribution in [0.15, 0.2) is 30.3 Å². The maximum absolute atomic E-state index is 11.2. The second-order valence-electron chi connectivity index (χ2n) is 3.30. The molecule has 0 radical (unpaired) electrons. The normalized spacial score (nSPS) is 12.1. The molecule has 0 saturated carbocycles. The lowest BCUT2D eigenvalue weighted by Crippen LogP contribution is -2.28. The smallest absolute Gasteiger partial charge is 0.222 e. The van der Waals surface area contributed by atoms with Gasteiger partial charge >= 0.3 is 0 Å². The Hall–Kier alpha value is -1.39. The van der Waals surface area contributed by atoms with Crippen molar-refractivity contribution in [1.29, 1.82) is 0 Å². The predicted molar refractivity (Wildman–Crippen MR) is 56.0 cm³/mol. The molecule has 0 spiro atoms. The van der Waals surface area contributed by atoms with E-state index < -0.39 is 12.7 Å². The Bertz CT molecular complexity index is 300. The van der Waals surface area contributed by atoms with Crippen LogP contribution in [-0.4, -0.2) is 28.8 Å². The third kappa shape index (κ3) is 4.58. The van der Waals surface area contributed by atoms with Crippen molar-refractivity contribution in [2.75, 3.05) is 6.61 Å². The topological polar surface area (TPSA) is 69.6 Å². The maximum Gasteiger partial charge on any atom is 0.222 e. The van der Waals surface area contributed by atoms with Crippen LogP contribution in [0.25, 0.3) is 0 Å². The molecule has 0 aliphatic rings. The first-order chi connectivity index (χ1) is 7.22. The van der Waals surface area contributed by atoms with Crippen LogP contribution in [-0.2, 0) is 11.3 Å². The molecule has 1 aromatic rings. The molecule has 82 valence electrons. The highest BCUT2D eigenvalue weighted by molar-refractivity contribution is 5.76. The van der Waals surface area contributed by atoms with E-state index in [1.54, 1.807) is 0 Å². The molecule has 4 nitrogen and oxygen atoms in total.